The highest BCUT2D eigenvalue weighted by Gasteiger charge is 2.25. The monoisotopic (exact) mass is 373 g/mol. The van der Waals surface area contributed by atoms with Crippen molar-refractivity contribution in [3.63, 3.8) is 0 Å². The van der Waals surface area contributed by atoms with E-state index >= 15 is 0 Å². The van der Waals surface area contributed by atoms with Crippen molar-refractivity contribution >= 4 is 17.6 Å². The van der Waals surface area contributed by atoms with E-state index in [2.05, 4.69) is 22.0 Å². The number of rotatable bonds is 5. The van der Waals surface area contributed by atoms with Crippen LogP contribution in [0.1, 0.15) is 51.5 Å². The number of anilines is 1. The first kappa shape index (κ1) is 19.5. The average Bonchev–Trinajstić information content (AvgIpc) is 2.72. The van der Waals surface area contributed by atoms with Crippen molar-refractivity contribution < 1.29 is 9.63 Å². The first-order valence-corrected chi connectivity index (χ1v) is 10.0. The minimum atomic E-state index is -0.641. The maximum Gasteiger partial charge on any atom is 0.266 e. The van der Waals surface area contributed by atoms with Gasteiger partial charge in [-0.05, 0) is 57.1 Å². The number of amidine groups is 1. The molecule has 3 heterocycles. The predicted octanol–water partition coefficient (Wildman–Crippen LogP) is 2.36. The lowest BCUT2D eigenvalue weighted by molar-refractivity contribution is -0.143. The largest absolute Gasteiger partial charge is 0.381 e. The first-order valence-electron chi connectivity index (χ1n) is 10.0. The van der Waals surface area contributed by atoms with Gasteiger partial charge in [0.25, 0.3) is 5.91 Å². The van der Waals surface area contributed by atoms with E-state index < -0.39 is 6.10 Å². The molecule has 1 unspecified atom stereocenters. The molecule has 2 aliphatic heterocycles. The van der Waals surface area contributed by atoms with Gasteiger partial charge in [0, 0.05) is 37.9 Å². The fourth-order valence-electron chi connectivity index (χ4n) is 3.57. The van der Waals surface area contributed by atoms with Gasteiger partial charge < -0.3 is 20.4 Å². The highest BCUT2D eigenvalue weighted by molar-refractivity contribution is 5.97. The number of hydrogen-bond acceptors (Lipinski definition) is 5. The van der Waals surface area contributed by atoms with E-state index in [1.165, 1.54) is 19.3 Å². The van der Waals surface area contributed by atoms with E-state index in [4.69, 9.17) is 10.6 Å². The van der Waals surface area contributed by atoms with Gasteiger partial charge in [0.1, 0.15) is 5.82 Å². The van der Waals surface area contributed by atoms with Crippen molar-refractivity contribution in [1.82, 2.24) is 9.88 Å². The highest BCUT2D eigenvalue weighted by atomic mass is 16.6. The molecule has 0 aromatic carbocycles. The molecule has 1 aromatic heterocycles. The van der Waals surface area contributed by atoms with Gasteiger partial charge in [-0.1, -0.05) is 12.1 Å². The number of likely N-dealkylation sites (tertiary alicyclic amines) is 1. The van der Waals surface area contributed by atoms with Crippen molar-refractivity contribution in [3.05, 3.63) is 23.9 Å². The van der Waals surface area contributed by atoms with Gasteiger partial charge in [0.15, 0.2) is 5.84 Å². The molecule has 3 rings (SSSR count). The third kappa shape index (κ3) is 5.11. The van der Waals surface area contributed by atoms with Gasteiger partial charge in [-0.25, -0.2) is 4.98 Å². The summed E-state index contributed by atoms with van der Waals surface area (Å²) in [5.41, 5.74) is 6.71. The molecule has 1 amide bonds. The summed E-state index contributed by atoms with van der Waals surface area (Å²) in [4.78, 5) is 26.5. The van der Waals surface area contributed by atoms with Crippen molar-refractivity contribution in [1.29, 1.82) is 0 Å². The van der Waals surface area contributed by atoms with E-state index in [9.17, 15) is 4.79 Å². The van der Waals surface area contributed by atoms with Crippen LogP contribution in [-0.2, 0) is 9.63 Å². The minimum Gasteiger partial charge on any atom is -0.381 e. The molecule has 1 atom stereocenters. The molecule has 7 nitrogen and oxygen atoms in total. The zero-order valence-electron chi connectivity index (χ0n) is 16.4. The normalized spacial score (nSPS) is 20.4. The lowest BCUT2D eigenvalue weighted by Gasteiger charge is -2.31. The van der Waals surface area contributed by atoms with Gasteiger partial charge in [-0.2, -0.15) is 0 Å². The van der Waals surface area contributed by atoms with Crippen LogP contribution in [0.2, 0.25) is 0 Å². The second-order valence-corrected chi connectivity index (χ2v) is 7.68. The van der Waals surface area contributed by atoms with Gasteiger partial charge in [0.05, 0.1) is 0 Å². The van der Waals surface area contributed by atoms with Crippen LogP contribution >= 0.6 is 0 Å². The standard InChI is InChI=1S/C20H31N5O2/c1-15-8-12-25(13-9-15)20(26)16(2)27-23-19(21)17-6-7-18(22-14-17)24-10-4-3-5-11-24/h6-7,14-16H,3-5,8-13H2,1-2H3,(H2,21,23). The predicted molar refractivity (Wildman–Crippen MR) is 107 cm³/mol. The Morgan fingerprint density at radius 1 is 1.22 bits per heavy atom. The van der Waals surface area contributed by atoms with Crippen molar-refractivity contribution in [2.75, 3.05) is 31.1 Å². The number of carbonyl (C=O) groups excluding carboxylic acids is 1. The van der Waals surface area contributed by atoms with Crippen LogP contribution in [0, 0.1) is 5.92 Å². The van der Waals surface area contributed by atoms with Gasteiger partial charge >= 0.3 is 0 Å². The van der Waals surface area contributed by atoms with Gasteiger partial charge in [-0.15, -0.1) is 0 Å². The van der Waals surface area contributed by atoms with E-state index in [0.717, 1.165) is 44.8 Å². The maximum absolute atomic E-state index is 12.4. The van der Waals surface area contributed by atoms with E-state index in [0.29, 0.717) is 11.5 Å². The van der Waals surface area contributed by atoms with E-state index in [1.54, 1.807) is 13.1 Å². The Morgan fingerprint density at radius 3 is 2.56 bits per heavy atom. The first-order chi connectivity index (χ1) is 13.0. The molecule has 0 bridgehead atoms. The molecule has 0 aliphatic carbocycles. The molecule has 0 saturated carbocycles. The summed E-state index contributed by atoms with van der Waals surface area (Å²) < 4.78 is 0. The number of nitrogens with two attached hydrogens (primary N) is 1. The number of pyridine rings is 1. The summed E-state index contributed by atoms with van der Waals surface area (Å²) in [6, 6.07) is 3.87. The minimum absolute atomic E-state index is 0.0305. The summed E-state index contributed by atoms with van der Waals surface area (Å²) in [5.74, 6) is 1.85. The lowest BCUT2D eigenvalue weighted by Crippen LogP contribution is -2.43. The second-order valence-electron chi connectivity index (χ2n) is 7.68. The topological polar surface area (TPSA) is 84.0 Å². The Kier molecular flexibility index (Phi) is 6.53. The molecule has 27 heavy (non-hydrogen) atoms. The fourth-order valence-corrected chi connectivity index (χ4v) is 3.57. The maximum atomic E-state index is 12.4. The molecule has 2 fully saturated rings. The smallest absolute Gasteiger partial charge is 0.266 e. The summed E-state index contributed by atoms with van der Waals surface area (Å²) in [7, 11) is 0. The van der Waals surface area contributed by atoms with Crippen LogP contribution in [0.5, 0.6) is 0 Å². The number of nitrogens with zero attached hydrogens (tertiary/aromatic N) is 4. The van der Waals surface area contributed by atoms with Crippen LogP contribution in [0.4, 0.5) is 5.82 Å². The van der Waals surface area contributed by atoms with Crippen LogP contribution < -0.4 is 10.6 Å². The number of hydrogen-bond donors (Lipinski definition) is 1. The van der Waals surface area contributed by atoms with E-state index in [1.807, 2.05) is 17.0 Å². The van der Waals surface area contributed by atoms with Crippen LogP contribution in [-0.4, -0.2) is 53.9 Å². The second kappa shape index (κ2) is 9.06. The molecule has 2 N–H and O–H groups in total. The molecule has 2 saturated heterocycles. The summed E-state index contributed by atoms with van der Waals surface area (Å²) in [6.07, 6.45) is 6.87. The lowest BCUT2D eigenvalue weighted by atomic mass is 9.99. The molecular formula is C20H31N5O2. The quantitative estimate of drug-likeness (QED) is 0.487. The number of amides is 1. The molecule has 0 spiro atoms. The molecule has 7 heteroatoms. The fraction of sp³-hybridized carbons (Fsp3) is 0.650. The summed E-state index contributed by atoms with van der Waals surface area (Å²) in [5, 5.41) is 3.96. The van der Waals surface area contributed by atoms with Crippen LogP contribution in [0.3, 0.4) is 0 Å². The molecule has 148 valence electrons. The zero-order valence-corrected chi connectivity index (χ0v) is 16.4. The van der Waals surface area contributed by atoms with Crippen molar-refractivity contribution in [2.24, 2.45) is 16.8 Å². The molecular weight excluding hydrogens is 342 g/mol. The zero-order chi connectivity index (χ0) is 19.2. The Labute approximate surface area is 161 Å². The molecule has 2 aliphatic rings. The van der Waals surface area contributed by atoms with Gasteiger partial charge in [0.2, 0.25) is 6.10 Å². The number of oxime groups is 1. The van der Waals surface area contributed by atoms with Crippen LogP contribution in [0.25, 0.3) is 0 Å². The Morgan fingerprint density at radius 2 is 1.93 bits per heavy atom. The van der Waals surface area contributed by atoms with Crippen molar-refractivity contribution in [3.8, 4) is 0 Å². The Bertz CT molecular complexity index is 647. The summed E-state index contributed by atoms with van der Waals surface area (Å²) >= 11 is 0. The molecule has 0 radical (unpaired) electrons. The highest BCUT2D eigenvalue weighted by Crippen LogP contribution is 2.18. The van der Waals surface area contributed by atoms with Gasteiger partial charge in [-0.3, -0.25) is 4.79 Å². The van der Waals surface area contributed by atoms with Crippen LogP contribution in [0.15, 0.2) is 23.5 Å². The Hall–Kier alpha value is -2.31. The third-order valence-corrected chi connectivity index (χ3v) is 5.48. The average molecular weight is 374 g/mol. The SMILES string of the molecule is CC1CCN(C(=O)C(C)ON=C(N)c2ccc(N3CCCCC3)nc2)CC1. The number of piperidine rings is 2. The number of aromatic nitrogens is 1. The third-order valence-electron chi connectivity index (χ3n) is 5.48. The molecule has 1 aromatic rings. The van der Waals surface area contributed by atoms with E-state index in [-0.39, 0.29) is 11.7 Å². The van der Waals surface area contributed by atoms with Crippen molar-refractivity contribution in [2.45, 2.75) is 52.1 Å². The number of carbonyl (C=O) groups is 1. The Balaban J connectivity index is 1.54. The summed E-state index contributed by atoms with van der Waals surface area (Å²) in [6.45, 7) is 7.61.